The second-order valence-electron chi connectivity index (χ2n) is 6.81. The van der Waals surface area contributed by atoms with Gasteiger partial charge < -0.3 is 15.5 Å². The number of likely N-dealkylation sites (tertiary alicyclic amines) is 1. The van der Waals surface area contributed by atoms with Crippen LogP contribution in [0.1, 0.15) is 39.5 Å². The lowest BCUT2D eigenvalue weighted by Crippen LogP contribution is -2.54. The van der Waals surface area contributed by atoms with Crippen LogP contribution in [0.3, 0.4) is 0 Å². The van der Waals surface area contributed by atoms with Gasteiger partial charge in [0, 0.05) is 31.3 Å². The zero-order valence-electron chi connectivity index (χ0n) is 13.3. The maximum absolute atomic E-state index is 12.9. The van der Waals surface area contributed by atoms with Gasteiger partial charge in [-0.25, -0.2) is 0 Å². The van der Waals surface area contributed by atoms with Crippen LogP contribution in [0, 0.1) is 5.92 Å². The highest BCUT2D eigenvalue weighted by atomic mass is 35.5. The fourth-order valence-corrected chi connectivity index (χ4v) is 5.28. The molecule has 0 aromatic rings. The molecule has 3 aliphatic heterocycles. The molecule has 0 radical (unpaired) electrons. The van der Waals surface area contributed by atoms with Crippen LogP contribution in [0.15, 0.2) is 0 Å². The van der Waals surface area contributed by atoms with Crippen molar-refractivity contribution in [1.29, 1.82) is 0 Å². The van der Waals surface area contributed by atoms with Gasteiger partial charge in [0.25, 0.3) is 0 Å². The monoisotopic (exact) mass is 347 g/mol. The van der Waals surface area contributed by atoms with Crippen LogP contribution in [-0.2, 0) is 9.59 Å². The van der Waals surface area contributed by atoms with Crippen LogP contribution in [0.2, 0.25) is 0 Å². The number of amides is 2. The van der Waals surface area contributed by atoms with E-state index in [1.807, 2.05) is 16.7 Å². The molecule has 0 bridgehead atoms. The third-order valence-corrected chi connectivity index (χ3v) is 6.75. The van der Waals surface area contributed by atoms with E-state index in [4.69, 9.17) is 5.73 Å². The number of piperidine rings is 1. The largest absolute Gasteiger partial charge is 0.341 e. The molecule has 3 saturated heterocycles. The Bertz CT molecular complexity index is 462. The van der Waals surface area contributed by atoms with Crippen LogP contribution in [0.25, 0.3) is 0 Å². The molecule has 4 unspecified atom stereocenters. The molecule has 2 N–H and O–H groups in total. The van der Waals surface area contributed by atoms with Gasteiger partial charge in [0.05, 0.1) is 4.87 Å². The fourth-order valence-electron chi connectivity index (χ4n) is 3.85. The minimum atomic E-state index is -0.262. The van der Waals surface area contributed by atoms with Crippen LogP contribution in [0.4, 0.5) is 0 Å². The number of rotatable bonds is 2. The molecule has 3 rings (SSSR count). The number of carbonyl (C=O) groups excluding carboxylic acids is 2. The summed E-state index contributed by atoms with van der Waals surface area (Å²) in [4.78, 5) is 28.7. The topological polar surface area (TPSA) is 66.6 Å². The smallest absolute Gasteiger partial charge is 0.246 e. The highest BCUT2D eigenvalue weighted by Gasteiger charge is 2.53. The molecule has 22 heavy (non-hydrogen) atoms. The van der Waals surface area contributed by atoms with E-state index in [2.05, 4.69) is 6.92 Å². The van der Waals surface area contributed by atoms with E-state index in [-0.39, 0.29) is 41.2 Å². The van der Waals surface area contributed by atoms with Gasteiger partial charge >= 0.3 is 0 Å². The van der Waals surface area contributed by atoms with Crippen molar-refractivity contribution in [2.24, 2.45) is 11.7 Å². The molecule has 3 heterocycles. The Hall–Kier alpha value is -0.460. The molecule has 2 amide bonds. The van der Waals surface area contributed by atoms with E-state index in [1.165, 1.54) is 0 Å². The number of halogens is 1. The number of thioether (sulfide) groups is 1. The van der Waals surface area contributed by atoms with E-state index in [0.29, 0.717) is 12.3 Å². The zero-order chi connectivity index (χ0) is 15.2. The molecule has 0 aliphatic carbocycles. The van der Waals surface area contributed by atoms with Gasteiger partial charge in [0.1, 0.15) is 6.04 Å². The molecule has 0 spiro atoms. The summed E-state index contributed by atoms with van der Waals surface area (Å²) in [5, 5.41) is 0. The first kappa shape index (κ1) is 17.9. The summed E-state index contributed by atoms with van der Waals surface area (Å²) in [6, 6.07) is -0.140. The van der Waals surface area contributed by atoms with Crippen molar-refractivity contribution in [2.75, 3.05) is 18.8 Å². The molecule has 4 atom stereocenters. The van der Waals surface area contributed by atoms with Crippen LogP contribution >= 0.6 is 24.2 Å². The number of nitrogens with zero attached hydrogens (tertiary/aromatic N) is 2. The second-order valence-corrected chi connectivity index (χ2v) is 8.31. The van der Waals surface area contributed by atoms with Crippen LogP contribution in [-0.4, -0.2) is 57.4 Å². The third-order valence-electron chi connectivity index (χ3n) is 5.24. The van der Waals surface area contributed by atoms with Crippen molar-refractivity contribution in [3.05, 3.63) is 0 Å². The van der Waals surface area contributed by atoms with E-state index >= 15 is 0 Å². The first-order valence-electron chi connectivity index (χ1n) is 7.93. The lowest BCUT2D eigenvalue weighted by Gasteiger charge is -2.38. The Labute approximate surface area is 142 Å². The molecular formula is C15H26ClN3O2S. The van der Waals surface area contributed by atoms with E-state index < -0.39 is 0 Å². The van der Waals surface area contributed by atoms with Gasteiger partial charge in [-0.05, 0) is 39.0 Å². The average Bonchev–Trinajstić information content (AvgIpc) is 2.95. The van der Waals surface area contributed by atoms with Gasteiger partial charge in [-0.1, -0.05) is 0 Å². The Balaban J connectivity index is 0.00000176. The molecular weight excluding hydrogens is 322 g/mol. The van der Waals surface area contributed by atoms with Gasteiger partial charge in [-0.15, -0.1) is 24.2 Å². The highest BCUT2D eigenvalue weighted by Crippen LogP contribution is 2.47. The Morgan fingerprint density at radius 1 is 1.50 bits per heavy atom. The first-order valence-corrected chi connectivity index (χ1v) is 8.91. The van der Waals surface area contributed by atoms with E-state index in [9.17, 15) is 9.59 Å². The maximum atomic E-state index is 12.9. The Morgan fingerprint density at radius 2 is 2.23 bits per heavy atom. The third kappa shape index (κ3) is 2.97. The quantitative estimate of drug-likeness (QED) is 0.821. The molecule has 3 fully saturated rings. The zero-order valence-corrected chi connectivity index (χ0v) is 14.9. The number of hydrogen-bond donors (Lipinski definition) is 1. The minimum absolute atomic E-state index is 0. The Morgan fingerprint density at radius 3 is 2.91 bits per heavy atom. The lowest BCUT2D eigenvalue weighted by molar-refractivity contribution is -0.145. The van der Waals surface area contributed by atoms with Crippen molar-refractivity contribution in [3.8, 4) is 0 Å². The average molecular weight is 348 g/mol. The Kier molecular flexibility index (Phi) is 5.34. The van der Waals surface area contributed by atoms with E-state index in [1.54, 1.807) is 11.8 Å². The molecule has 0 saturated carbocycles. The normalized spacial score (nSPS) is 36.0. The molecule has 0 aromatic carbocycles. The summed E-state index contributed by atoms with van der Waals surface area (Å²) < 4.78 is 0. The summed E-state index contributed by atoms with van der Waals surface area (Å²) in [5.41, 5.74) is 6.00. The summed E-state index contributed by atoms with van der Waals surface area (Å²) >= 11 is 1.76. The molecule has 126 valence electrons. The molecule has 0 aromatic heterocycles. The number of nitrogens with two attached hydrogens (primary N) is 1. The predicted octanol–water partition coefficient (Wildman–Crippen LogP) is 1.45. The van der Waals surface area contributed by atoms with Gasteiger partial charge in [0.2, 0.25) is 11.8 Å². The van der Waals surface area contributed by atoms with E-state index in [0.717, 1.165) is 38.1 Å². The van der Waals surface area contributed by atoms with Crippen molar-refractivity contribution < 1.29 is 9.59 Å². The van der Waals surface area contributed by atoms with Gasteiger partial charge in [-0.3, -0.25) is 9.59 Å². The summed E-state index contributed by atoms with van der Waals surface area (Å²) in [5.74, 6) is 1.39. The number of fused-ring (bicyclic) bond motifs is 1. The SMILES string of the molecule is CC(N)C1CCCN(C(=O)C2CSC3(C)CCC(=O)N23)C1.Cl. The van der Waals surface area contributed by atoms with Crippen LogP contribution < -0.4 is 5.73 Å². The minimum Gasteiger partial charge on any atom is -0.341 e. The fraction of sp³-hybridized carbons (Fsp3) is 0.867. The number of hydrogen-bond acceptors (Lipinski definition) is 4. The standard InChI is InChI=1S/C15H25N3O2S.ClH/c1-10(16)11-4-3-7-17(8-11)14(20)12-9-21-15(2)6-5-13(19)18(12)15;/h10-12H,3-9,16H2,1-2H3;1H. The van der Waals surface area contributed by atoms with Crippen LogP contribution in [0.5, 0.6) is 0 Å². The number of carbonyl (C=O) groups is 2. The first-order chi connectivity index (χ1) is 9.92. The molecule has 5 nitrogen and oxygen atoms in total. The second kappa shape index (κ2) is 6.57. The molecule has 3 aliphatic rings. The molecule has 7 heteroatoms. The van der Waals surface area contributed by atoms with Gasteiger partial charge in [-0.2, -0.15) is 0 Å². The summed E-state index contributed by atoms with van der Waals surface area (Å²) in [6.45, 7) is 5.67. The lowest BCUT2D eigenvalue weighted by atomic mass is 9.92. The van der Waals surface area contributed by atoms with Crippen molar-refractivity contribution in [1.82, 2.24) is 9.80 Å². The van der Waals surface area contributed by atoms with Crippen molar-refractivity contribution >= 4 is 36.0 Å². The van der Waals surface area contributed by atoms with Crippen molar-refractivity contribution in [3.63, 3.8) is 0 Å². The summed E-state index contributed by atoms with van der Waals surface area (Å²) in [7, 11) is 0. The van der Waals surface area contributed by atoms with Crippen molar-refractivity contribution in [2.45, 2.75) is 56.5 Å². The summed E-state index contributed by atoms with van der Waals surface area (Å²) in [6.07, 6.45) is 3.56. The maximum Gasteiger partial charge on any atom is 0.246 e. The van der Waals surface area contributed by atoms with Gasteiger partial charge in [0.15, 0.2) is 0 Å². The predicted molar refractivity (Wildman–Crippen MR) is 90.9 cm³/mol. The highest BCUT2D eigenvalue weighted by molar-refractivity contribution is 8.01.